The molecule has 2 unspecified atom stereocenters. The number of hydrogen-bond donors (Lipinski definition) is 0. The van der Waals surface area contributed by atoms with Crippen molar-refractivity contribution in [3.63, 3.8) is 0 Å². The van der Waals surface area contributed by atoms with Gasteiger partial charge in [0.05, 0.1) is 0 Å². The van der Waals surface area contributed by atoms with Crippen molar-refractivity contribution in [1.29, 1.82) is 0 Å². The van der Waals surface area contributed by atoms with Gasteiger partial charge >= 0.3 is 59.2 Å². The number of rotatable bonds is 2. The van der Waals surface area contributed by atoms with E-state index in [2.05, 4.69) is 0 Å². The molecule has 0 radical (unpaired) electrons. The molecule has 0 nitrogen and oxygen atoms in total. The summed E-state index contributed by atoms with van der Waals surface area (Å²) in [6.07, 6.45) is -16.5. The molecule has 0 aromatic heterocycles. The molecule has 180 valence electrons. The molecule has 0 aliphatic heterocycles. The summed E-state index contributed by atoms with van der Waals surface area (Å²) in [5.74, 6) is -53.0. The van der Waals surface area contributed by atoms with Gasteiger partial charge in [-0.25, -0.2) is 8.78 Å². The highest BCUT2D eigenvalue weighted by Gasteiger charge is 3.10. The van der Waals surface area contributed by atoms with Crippen LogP contribution in [0.2, 0.25) is 0 Å². The van der Waals surface area contributed by atoms with Crippen LogP contribution in [-0.4, -0.2) is 59.2 Å². The van der Waals surface area contributed by atoms with Crippen LogP contribution in [0.4, 0.5) is 87.8 Å². The fourth-order valence-corrected chi connectivity index (χ4v) is 2.44. The molecule has 1 fully saturated rings. The van der Waals surface area contributed by atoms with E-state index in [1.165, 1.54) is 0 Å². The average molecular weight is 500 g/mol. The second-order valence-corrected chi connectivity index (χ2v) is 5.76. The second kappa shape index (κ2) is 5.69. The van der Waals surface area contributed by atoms with Gasteiger partial charge in [-0.2, -0.15) is 79.0 Å². The van der Waals surface area contributed by atoms with E-state index in [4.69, 9.17) is 0 Å². The van der Waals surface area contributed by atoms with E-state index in [-0.39, 0.29) is 0 Å². The van der Waals surface area contributed by atoms with Crippen LogP contribution >= 0.6 is 0 Å². The second-order valence-electron chi connectivity index (χ2n) is 5.76. The standard InChI is InChI=1S/C10F20/c11-1(6(19,20)9(25,26)27)3(13,14)2(12,7(21,22)10(28,29)30)5(17,18)8(23,24)4(1,15)16. The molecule has 0 amide bonds. The third-order valence-corrected chi connectivity index (χ3v) is 4.10. The highest BCUT2D eigenvalue weighted by atomic mass is 19.4. The van der Waals surface area contributed by atoms with Crippen molar-refractivity contribution in [2.45, 2.75) is 59.2 Å². The van der Waals surface area contributed by atoms with Crippen LogP contribution in [0.3, 0.4) is 0 Å². The Balaban J connectivity index is 4.37. The molecule has 1 aliphatic rings. The van der Waals surface area contributed by atoms with E-state index >= 15 is 0 Å². The normalized spacial score (nSPS) is 34.0. The molecule has 1 rings (SSSR count). The third-order valence-electron chi connectivity index (χ3n) is 4.10. The molecule has 1 aliphatic carbocycles. The van der Waals surface area contributed by atoms with E-state index in [0.717, 1.165) is 0 Å². The van der Waals surface area contributed by atoms with Crippen molar-refractivity contribution in [1.82, 2.24) is 0 Å². The van der Waals surface area contributed by atoms with Crippen molar-refractivity contribution in [3.05, 3.63) is 0 Å². The highest BCUT2D eigenvalue weighted by molar-refractivity contribution is 5.36. The quantitative estimate of drug-likeness (QED) is 0.388. The van der Waals surface area contributed by atoms with Gasteiger partial charge in [0.2, 0.25) is 0 Å². The molecular weight excluding hydrogens is 500 g/mol. The lowest BCUT2D eigenvalue weighted by Gasteiger charge is -2.57. The molecule has 0 saturated heterocycles. The minimum Gasteiger partial charge on any atom is -0.223 e. The zero-order chi connectivity index (χ0) is 25.0. The van der Waals surface area contributed by atoms with E-state index in [9.17, 15) is 87.8 Å². The predicted molar refractivity (Wildman–Crippen MR) is 49.5 cm³/mol. The number of halogens is 20. The molecule has 0 aromatic rings. The molecule has 0 aromatic carbocycles. The van der Waals surface area contributed by atoms with E-state index in [1.807, 2.05) is 0 Å². The lowest BCUT2D eigenvalue weighted by atomic mass is 9.62. The SMILES string of the molecule is FC(F)(F)C(F)(F)C1(F)C(F)(F)C(F)(F)C(F)(F)C(F)(C(F)(F)C(F)(F)F)C1(F)F. The maximum Gasteiger partial charge on any atom is 0.457 e. The molecule has 2 atom stereocenters. The highest BCUT2D eigenvalue weighted by Crippen LogP contribution is 2.76. The Kier molecular flexibility index (Phi) is 5.05. The number of hydrogen-bond acceptors (Lipinski definition) is 0. The first-order valence-corrected chi connectivity index (χ1v) is 6.28. The Morgan fingerprint density at radius 3 is 0.667 bits per heavy atom. The summed E-state index contributed by atoms with van der Waals surface area (Å²) in [6, 6.07) is 0. The summed E-state index contributed by atoms with van der Waals surface area (Å²) < 4.78 is 260. The Hall–Kier alpha value is -1.40. The molecule has 0 heterocycles. The van der Waals surface area contributed by atoms with E-state index in [1.54, 1.807) is 0 Å². The van der Waals surface area contributed by atoms with Crippen molar-refractivity contribution < 1.29 is 87.8 Å². The maximum absolute atomic E-state index is 13.9. The molecular formula is C10F20. The fraction of sp³-hybridized carbons (Fsp3) is 1.00. The van der Waals surface area contributed by atoms with Crippen molar-refractivity contribution in [2.75, 3.05) is 0 Å². The van der Waals surface area contributed by atoms with Crippen LogP contribution in [0.5, 0.6) is 0 Å². The predicted octanol–water partition coefficient (Wildman–Crippen LogP) is 6.35. The topological polar surface area (TPSA) is 0 Å². The monoisotopic (exact) mass is 500 g/mol. The van der Waals surface area contributed by atoms with Crippen LogP contribution in [-0.2, 0) is 0 Å². The van der Waals surface area contributed by atoms with Gasteiger partial charge in [0.15, 0.2) is 0 Å². The third kappa shape index (κ3) is 2.22. The van der Waals surface area contributed by atoms with Gasteiger partial charge in [-0.3, -0.25) is 0 Å². The summed E-state index contributed by atoms with van der Waals surface area (Å²) >= 11 is 0. The van der Waals surface area contributed by atoms with E-state index < -0.39 is 59.2 Å². The molecule has 0 bridgehead atoms. The largest absolute Gasteiger partial charge is 0.457 e. The van der Waals surface area contributed by atoms with Gasteiger partial charge in [0.25, 0.3) is 0 Å². The molecule has 20 heteroatoms. The van der Waals surface area contributed by atoms with Crippen LogP contribution < -0.4 is 0 Å². The molecule has 1 saturated carbocycles. The summed E-state index contributed by atoms with van der Waals surface area (Å²) in [5, 5.41) is 0. The van der Waals surface area contributed by atoms with Gasteiger partial charge in [-0.1, -0.05) is 0 Å². The zero-order valence-electron chi connectivity index (χ0n) is 12.6. The van der Waals surface area contributed by atoms with E-state index in [0.29, 0.717) is 0 Å². The van der Waals surface area contributed by atoms with Gasteiger partial charge in [0, 0.05) is 0 Å². The van der Waals surface area contributed by atoms with Crippen molar-refractivity contribution in [2.24, 2.45) is 0 Å². The average Bonchev–Trinajstić information content (AvgIpc) is 2.48. The Bertz CT molecular complexity index is 637. The number of alkyl halides is 20. The van der Waals surface area contributed by atoms with Crippen LogP contribution in [0.1, 0.15) is 0 Å². The Morgan fingerprint density at radius 1 is 0.300 bits per heavy atom. The molecule has 0 spiro atoms. The first kappa shape index (κ1) is 26.6. The first-order valence-electron chi connectivity index (χ1n) is 6.28. The smallest absolute Gasteiger partial charge is 0.223 e. The Labute approximate surface area is 148 Å². The van der Waals surface area contributed by atoms with Crippen LogP contribution in [0.25, 0.3) is 0 Å². The lowest BCUT2D eigenvalue weighted by Crippen LogP contribution is -2.92. The van der Waals surface area contributed by atoms with Gasteiger partial charge in [0.1, 0.15) is 0 Å². The van der Waals surface area contributed by atoms with Crippen LogP contribution in [0.15, 0.2) is 0 Å². The fourth-order valence-electron chi connectivity index (χ4n) is 2.44. The van der Waals surface area contributed by atoms with Gasteiger partial charge < -0.3 is 0 Å². The lowest BCUT2D eigenvalue weighted by molar-refractivity contribution is -0.532. The zero-order valence-corrected chi connectivity index (χ0v) is 12.6. The molecule has 30 heavy (non-hydrogen) atoms. The molecule has 0 N–H and O–H groups in total. The minimum absolute atomic E-state index is 8.24. The summed E-state index contributed by atoms with van der Waals surface area (Å²) in [6.45, 7) is 0. The van der Waals surface area contributed by atoms with Crippen molar-refractivity contribution >= 4 is 0 Å². The van der Waals surface area contributed by atoms with Gasteiger partial charge in [-0.05, 0) is 0 Å². The first-order chi connectivity index (χ1) is 12.5. The maximum atomic E-state index is 13.9. The minimum atomic E-state index is -9.16. The summed E-state index contributed by atoms with van der Waals surface area (Å²) in [4.78, 5) is 0. The summed E-state index contributed by atoms with van der Waals surface area (Å²) in [5.41, 5.74) is -18.2. The van der Waals surface area contributed by atoms with Crippen molar-refractivity contribution in [3.8, 4) is 0 Å². The summed E-state index contributed by atoms with van der Waals surface area (Å²) in [7, 11) is 0. The van der Waals surface area contributed by atoms with Gasteiger partial charge in [-0.15, -0.1) is 0 Å². The van der Waals surface area contributed by atoms with Crippen LogP contribution in [0, 0.1) is 0 Å². The Morgan fingerprint density at radius 2 is 0.500 bits per heavy atom.